The topological polar surface area (TPSA) is 18.5 Å². The van der Waals surface area contributed by atoms with Crippen molar-refractivity contribution in [1.29, 1.82) is 0 Å². The molecule has 1 saturated heterocycles. The highest BCUT2D eigenvalue weighted by Crippen LogP contribution is 2.43. The van der Waals surface area contributed by atoms with Crippen molar-refractivity contribution in [3.8, 4) is 5.75 Å². The molecule has 0 saturated carbocycles. The SMILES string of the molecule is COC1CCC(C2CC=C(c3cc(F)c(C(F)(F)Oc4cc(F)c(C(F)(F)F)c(F)c4)c(F)c3)CC2)SC1. The van der Waals surface area contributed by atoms with E-state index in [2.05, 4.69) is 4.74 Å². The fourth-order valence-electron chi connectivity index (χ4n) is 4.87. The first-order chi connectivity index (χ1) is 17.8. The van der Waals surface area contributed by atoms with Gasteiger partial charge in [0.2, 0.25) is 0 Å². The maximum atomic E-state index is 14.7. The molecule has 208 valence electrons. The van der Waals surface area contributed by atoms with Crippen molar-refractivity contribution in [3.05, 3.63) is 70.3 Å². The summed E-state index contributed by atoms with van der Waals surface area (Å²) in [6.45, 7) is 0. The highest BCUT2D eigenvalue weighted by molar-refractivity contribution is 8.00. The van der Waals surface area contributed by atoms with Gasteiger partial charge in [-0.1, -0.05) is 6.08 Å². The molecule has 0 N–H and O–H groups in total. The lowest BCUT2D eigenvalue weighted by Gasteiger charge is -2.34. The van der Waals surface area contributed by atoms with E-state index in [4.69, 9.17) is 4.74 Å². The maximum absolute atomic E-state index is 14.7. The second-order valence-corrected chi connectivity index (χ2v) is 10.5. The smallest absolute Gasteiger partial charge is 0.429 e. The van der Waals surface area contributed by atoms with Gasteiger partial charge in [0.1, 0.15) is 40.1 Å². The molecule has 2 aliphatic rings. The Morgan fingerprint density at radius 2 is 1.42 bits per heavy atom. The Hall–Kier alpha value is -2.34. The van der Waals surface area contributed by atoms with E-state index >= 15 is 0 Å². The summed E-state index contributed by atoms with van der Waals surface area (Å²) in [5.41, 5.74) is -3.47. The minimum Gasteiger partial charge on any atom is -0.429 e. The van der Waals surface area contributed by atoms with Crippen molar-refractivity contribution in [2.24, 2.45) is 5.92 Å². The van der Waals surface area contributed by atoms with Crippen molar-refractivity contribution in [2.75, 3.05) is 12.9 Å². The van der Waals surface area contributed by atoms with Crippen LogP contribution < -0.4 is 4.74 Å². The normalized spacial score (nSPS) is 22.8. The molecular weight excluding hydrogens is 547 g/mol. The Balaban J connectivity index is 1.50. The molecule has 4 rings (SSSR count). The highest BCUT2D eigenvalue weighted by Gasteiger charge is 2.43. The molecule has 1 fully saturated rings. The van der Waals surface area contributed by atoms with Gasteiger partial charge >= 0.3 is 12.3 Å². The molecule has 3 atom stereocenters. The van der Waals surface area contributed by atoms with Gasteiger partial charge in [-0.05, 0) is 61.3 Å². The molecule has 0 spiro atoms. The van der Waals surface area contributed by atoms with E-state index in [0.717, 1.165) is 25.0 Å². The van der Waals surface area contributed by atoms with Gasteiger partial charge in [-0.3, -0.25) is 0 Å². The fourth-order valence-corrected chi connectivity index (χ4v) is 6.46. The Bertz CT molecular complexity index is 1160. The van der Waals surface area contributed by atoms with Crippen LogP contribution in [0.5, 0.6) is 5.75 Å². The second-order valence-electron chi connectivity index (χ2n) is 9.26. The monoisotopic (exact) mass is 570 g/mol. The quantitative estimate of drug-likeness (QED) is 0.325. The van der Waals surface area contributed by atoms with E-state index in [1.165, 1.54) is 0 Å². The molecule has 0 aromatic heterocycles. The molecule has 0 bridgehead atoms. The van der Waals surface area contributed by atoms with Crippen molar-refractivity contribution in [3.63, 3.8) is 0 Å². The van der Waals surface area contributed by atoms with Gasteiger partial charge in [0.25, 0.3) is 0 Å². The van der Waals surface area contributed by atoms with E-state index in [0.29, 0.717) is 41.7 Å². The number of alkyl halides is 5. The van der Waals surface area contributed by atoms with Gasteiger partial charge in [-0.25, -0.2) is 17.6 Å². The Labute approximate surface area is 217 Å². The number of benzene rings is 2. The zero-order valence-corrected chi connectivity index (χ0v) is 20.8. The average molecular weight is 571 g/mol. The summed E-state index contributed by atoms with van der Waals surface area (Å²) >= 11 is 1.84. The Morgan fingerprint density at radius 3 is 1.89 bits per heavy atom. The third kappa shape index (κ3) is 6.11. The standard InChI is InChI=1S/C26H23F9O2S/c1-36-16-6-7-22(38-12-16)14-4-2-13(3-5-14)15-8-18(27)24(19(28)9-15)26(34,35)37-17-10-20(29)23(21(30)11-17)25(31,32)33/h2,8-11,14,16,22H,3-7,12H2,1H3. The fraction of sp³-hybridized carbons (Fsp3) is 0.462. The number of thioether (sulfide) groups is 1. The van der Waals surface area contributed by atoms with Crippen LogP contribution in [0, 0.1) is 29.2 Å². The summed E-state index contributed by atoms with van der Waals surface area (Å²) in [5.74, 6) is -7.88. The zero-order valence-electron chi connectivity index (χ0n) is 20.0. The molecule has 2 nitrogen and oxygen atoms in total. The van der Waals surface area contributed by atoms with Gasteiger partial charge < -0.3 is 9.47 Å². The molecule has 3 unspecified atom stereocenters. The molecule has 0 radical (unpaired) electrons. The largest absolute Gasteiger partial charge is 0.432 e. The number of allylic oxidation sites excluding steroid dienone is 2. The van der Waals surface area contributed by atoms with E-state index < -0.39 is 52.4 Å². The number of halogens is 9. The minimum atomic E-state index is -5.43. The molecule has 1 aliphatic carbocycles. The third-order valence-corrected chi connectivity index (χ3v) is 8.44. The molecule has 38 heavy (non-hydrogen) atoms. The third-order valence-electron chi connectivity index (χ3n) is 6.83. The average Bonchev–Trinajstić information content (AvgIpc) is 2.82. The van der Waals surface area contributed by atoms with Gasteiger partial charge in [-0.15, -0.1) is 0 Å². The van der Waals surface area contributed by atoms with Crippen LogP contribution >= 0.6 is 11.8 Å². The van der Waals surface area contributed by atoms with E-state index in [1.54, 1.807) is 7.11 Å². The van der Waals surface area contributed by atoms with Crippen LogP contribution in [0.3, 0.4) is 0 Å². The predicted molar refractivity (Wildman–Crippen MR) is 124 cm³/mol. The van der Waals surface area contributed by atoms with Crippen LogP contribution in [0.1, 0.15) is 48.8 Å². The van der Waals surface area contributed by atoms with Crippen molar-refractivity contribution in [1.82, 2.24) is 0 Å². The lowest BCUT2D eigenvalue weighted by molar-refractivity contribution is -0.189. The zero-order chi connectivity index (χ0) is 27.8. The van der Waals surface area contributed by atoms with Crippen LogP contribution in [0.25, 0.3) is 5.57 Å². The van der Waals surface area contributed by atoms with Gasteiger partial charge in [0, 0.05) is 30.2 Å². The number of hydrogen-bond donors (Lipinski definition) is 0. The van der Waals surface area contributed by atoms with Crippen molar-refractivity contribution in [2.45, 2.75) is 55.7 Å². The summed E-state index contributed by atoms with van der Waals surface area (Å²) < 4.78 is 134. The molecule has 2 aromatic rings. The van der Waals surface area contributed by atoms with E-state index in [-0.39, 0.29) is 23.8 Å². The number of rotatable bonds is 6. The summed E-state index contributed by atoms with van der Waals surface area (Å²) in [5, 5.41) is 0.436. The van der Waals surface area contributed by atoms with Crippen LogP contribution in [-0.2, 0) is 17.0 Å². The molecule has 1 aliphatic heterocycles. The number of ether oxygens (including phenoxy) is 2. The van der Waals surface area contributed by atoms with Crippen molar-refractivity contribution < 1.29 is 49.0 Å². The molecule has 12 heteroatoms. The molecule has 2 aromatic carbocycles. The van der Waals surface area contributed by atoms with Crippen LogP contribution in [-0.4, -0.2) is 24.2 Å². The molecule has 0 amide bonds. The lowest BCUT2D eigenvalue weighted by Crippen LogP contribution is -2.29. The Morgan fingerprint density at radius 1 is 0.816 bits per heavy atom. The van der Waals surface area contributed by atoms with E-state index in [9.17, 15) is 39.5 Å². The highest BCUT2D eigenvalue weighted by atomic mass is 32.2. The number of methoxy groups -OCH3 is 1. The molecule has 1 heterocycles. The van der Waals surface area contributed by atoms with Gasteiger partial charge in [0.15, 0.2) is 0 Å². The Kier molecular flexibility index (Phi) is 8.32. The first-order valence-electron chi connectivity index (χ1n) is 11.8. The summed E-state index contributed by atoms with van der Waals surface area (Å²) in [4.78, 5) is 0. The van der Waals surface area contributed by atoms with Gasteiger partial charge in [-0.2, -0.15) is 33.7 Å². The predicted octanol–water partition coefficient (Wildman–Crippen LogP) is 8.48. The van der Waals surface area contributed by atoms with Crippen LogP contribution in [0.15, 0.2) is 30.3 Å². The summed E-state index contributed by atoms with van der Waals surface area (Å²) in [6, 6.07) is 1.17. The van der Waals surface area contributed by atoms with Crippen molar-refractivity contribution >= 4 is 17.3 Å². The first-order valence-corrected chi connectivity index (χ1v) is 12.8. The van der Waals surface area contributed by atoms with E-state index in [1.807, 2.05) is 17.8 Å². The maximum Gasteiger partial charge on any atom is 0.432 e. The second kappa shape index (κ2) is 11.0. The number of hydrogen-bond acceptors (Lipinski definition) is 3. The van der Waals surface area contributed by atoms with Crippen LogP contribution in [0.4, 0.5) is 39.5 Å². The summed E-state index contributed by atoms with van der Waals surface area (Å²) in [7, 11) is 1.68. The summed E-state index contributed by atoms with van der Waals surface area (Å²) in [6.07, 6.45) is -4.27. The lowest BCUT2D eigenvalue weighted by atomic mass is 9.83. The van der Waals surface area contributed by atoms with Gasteiger partial charge in [0.05, 0.1) is 6.10 Å². The first kappa shape index (κ1) is 28.7. The minimum absolute atomic E-state index is 0.0698. The molecular formula is C26H23F9O2S. The van der Waals surface area contributed by atoms with Crippen LogP contribution in [0.2, 0.25) is 0 Å².